The summed E-state index contributed by atoms with van der Waals surface area (Å²) in [5, 5.41) is 6.11. The van der Waals surface area contributed by atoms with Crippen molar-refractivity contribution < 1.29 is 9.53 Å². The molecule has 1 unspecified atom stereocenters. The normalized spacial score (nSPS) is 16.5. The average molecular weight is 333 g/mol. The molecule has 3 rings (SSSR count). The SMILES string of the molecule is COc1ccc(NC2C(=O)Nc3ccc(Br)cc32)cc1. The van der Waals surface area contributed by atoms with Gasteiger partial charge in [-0.05, 0) is 42.5 Å². The third-order valence-corrected chi connectivity index (χ3v) is 3.74. The Labute approximate surface area is 125 Å². The maximum Gasteiger partial charge on any atom is 0.251 e. The van der Waals surface area contributed by atoms with Crippen LogP contribution in [0.25, 0.3) is 0 Å². The Balaban J connectivity index is 1.87. The van der Waals surface area contributed by atoms with Gasteiger partial charge in [0.05, 0.1) is 7.11 Å². The van der Waals surface area contributed by atoms with E-state index in [1.54, 1.807) is 7.11 Å². The van der Waals surface area contributed by atoms with Gasteiger partial charge in [-0.1, -0.05) is 15.9 Å². The second-order valence-corrected chi connectivity index (χ2v) is 5.44. The number of fused-ring (bicyclic) bond motifs is 1. The van der Waals surface area contributed by atoms with E-state index < -0.39 is 0 Å². The molecule has 1 amide bonds. The highest BCUT2D eigenvalue weighted by atomic mass is 79.9. The van der Waals surface area contributed by atoms with E-state index in [1.807, 2.05) is 42.5 Å². The molecule has 1 heterocycles. The lowest BCUT2D eigenvalue weighted by Crippen LogP contribution is -2.19. The number of hydrogen-bond donors (Lipinski definition) is 2. The van der Waals surface area contributed by atoms with Gasteiger partial charge in [-0.3, -0.25) is 4.79 Å². The van der Waals surface area contributed by atoms with E-state index in [0.717, 1.165) is 27.2 Å². The average Bonchev–Trinajstić information content (AvgIpc) is 2.76. The summed E-state index contributed by atoms with van der Waals surface area (Å²) in [6.07, 6.45) is 0. The second-order valence-electron chi connectivity index (χ2n) is 4.53. The summed E-state index contributed by atoms with van der Waals surface area (Å²) in [5.74, 6) is 0.739. The number of ether oxygens (including phenoxy) is 1. The highest BCUT2D eigenvalue weighted by Crippen LogP contribution is 2.35. The van der Waals surface area contributed by atoms with E-state index in [-0.39, 0.29) is 11.9 Å². The van der Waals surface area contributed by atoms with Crippen LogP contribution in [0.15, 0.2) is 46.9 Å². The molecular weight excluding hydrogens is 320 g/mol. The second kappa shape index (κ2) is 5.17. The molecule has 2 aromatic rings. The number of anilines is 2. The monoisotopic (exact) mass is 332 g/mol. The van der Waals surface area contributed by atoms with E-state index >= 15 is 0 Å². The molecule has 1 aliphatic heterocycles. The number of nitrogens with one attached hydrogen (secondary N) is 2. The number of methoxy groups -OCH3 is 1. The molecule has 0 saturated carbocycles. The lowest BCUT2D eigenvalue weighted by Gasteiger charge is -2.13. The Bertz CT molecular complexity index is 655. The van der Waals surface area contributed by atoms with Gasteiger partial charge in [0.2, 0.25) is 0 Å². The van der Waals surface area contributed by atoms with Crippen LogP contribution in [0.5, 0.6) is 5.75 Å². The Kier molecular flexibility index (Phi) is 3.36. The number of amides is 1. The molecule has 0 spiro atoms. The zero-order valence-electron chi connectivity index (χ0n) is 10.8. The fourth-order valence-electron chi connectivity index (χ4n) is 2.23. The zero-order chi connectivity index (χ0) is 14.1. The molecule has 0 bridgehead atoms. The zero-order valence-corrected chi connectivity index (χ0v) is 12.4. The van der Waals surface area contributed by atoms with E-state index in [1.165, 1.54) is 0 Å². The first kappa shape index (κ1) is 13.0. The Morgan fingerprint density at radius 3 is 2.65 bits per heavy atom. The third kappa shape index (κ3) is 2.36. The summed E-state index contributed by atoms with van der Waals surface area (Å²) in [7, 11) is 1.63. The van der Waals surface area contributed by atoms with Crippen molar-refractivity contribution in [3.63, 3.8) is 0 Å². The summed E-state index contributed by atoms with van der Waals surface area (Å²) >= 11 is 3.43. The molecule has 2 N–H and O–H groups in total. The van der Waals surface area contributed by atoms with Crippen LogP contribution in [0.4, 0.5) is 11.4 Å². The van der Waals surface area contributed by atoms with Crippen molar-refractivity contribution in [3.8, 4) is 5.75 Å². The van der Waals surface area contributed by atoms with E-state index in [9.17, 15) is 4.79 Å². The summed E-state index contributed by atoms with van der Waals surface area (Å²) in [6, 6.07) is 12.9. The first-order valence-corrected chi connectivity index (χ1v) is 6.97. The van der Waals surface area contributed by atoms with Crippen molar-refractivity contribution >= 4 is 33.2 Å². The molecule has 0 aliphatic carbocycles. The van der Waals surface area contributed by atoms with E-state index in [0.29, 0.717) is 0 Å². The fraction of sp³-hybridized carbons (Fsp3) is 0.133. The molecule has 0 radical (unpaired) electrons. The minimum atomic E-state index is -0.379. The fourth-order valence-corrected chi connectivity index (χ4v) is 2.61. The van der Waals surface area contributed by atoms with Crippen molar-refractivity contribution in [2.75, 3.05) is 17.7 Å². The standard InChI is InChI=1S/C15H13BrN2O2/c1-20-11-5-3-10(4-6-11)17-14-12-8-9(16)2-7-13(12)18-15(14)19/h2-8,14,17H,1H3,(H,18,19). The Morgan fingerprint density at radius 2 is 1.95 bits per heavy atom. The van der Waals surface area contributed by atoms with E-state index in [2.05, 4.69) is 26.6 Å². The summed E-state index contributed by atoms with van der Waals surface area (Å²) in [4.78, 5) is 12.1. The number of carbonyl (C=O) groups is 1. The molecule has 102 valence electrons. The molecule has 0 fully saturated rings. The summed E-state index contributed by atoms with van der Waals surface area (Å²) in [6.45, 7) is 0. The topological polar surface area (TPSA) is 50.4 Å². The highest BCUT2D eigenvalue weighted by molar-refractivity contribution is 9.10. The van der Waals surface area contributed by atoms with Gasteiger partial charge in [-0.25, -0.2) is 0 Å². The van der Waals surface area contributed by atoms with Gasteiger partial charge >= 0.3 is 0 Å². The highest BCUT2D eigenvalue weighted by Gasteiger charge is 2.30. The minimum absolute atomic E-state index is 0.0473. The van der Waals surface area contributed by atoms with Crippen molar-refractivity contribution in [2.45, 2.75) is 6.04 Å². The molecule has 4 nitrogen and oxygen atoms in total. The molecule has 5 heteroatoms. The number of carbonyl (C=O) groups excluding carboxylic acids is 1. The molecular formula is C15H13BrN2O2. The largest absolute Gasteiger partial charge is 0.497 e. The number of rotatable bonds is 3. The van der Waals surface area contributed by atoms with Crippen molar-refractivity contribution in [1.29, 1.82) is 0 Å². The van der Waals surface area contributed by atoms with Gasteiger partial charge in [0, 0.05) is 21.4 Å². The first-order valence-electron chi connectivity index (χ1n) is 6.18. The summed E-state index contributed by atoms with van der Waals surface area (Å²) < 4.78 is 6.07. The first-order chi connectivity index (χ1) is 9.67. The van der Waals surface area contributed by atoms with E-state index in [4.69, 9.17) is 4.74 Å². The predicted molar refractivity (Wildman–Crippen MR) is 82.1 cm³/mol. The van der Waals surface area contributed by atoms with Gasteiger partial charge < -0.3 is 15.4 Å². The predicted octanol–water partition coefficient (Wildman–Crippen LogP) is 3.56. The van der Waals surface area contributed by atoms with Crippen LogP contribution in [-0.2, 0) is 4.79 Å². The van der Waals surface area contributed by atoms with Gasteiger partial charge in [-0.15, -0.1) is 0 Å². The lowest BCUT2D eigenvalue weighted by atomic mass is 10.1. The maximum absolute atomic E-state index is 12.1. The molecule has 1 atom stereocenters. The van der Waals surface area contributed by atoms with Crippen LogP contribution in [0.1, 0.15) is 11.6 Å². The van der Waals surface area contributed by atoms with Crippen molar-refractivity contribution in [3.05, 3.63) is 52.5 Å². The van der Waals surface area contributed by atoms with Gasteiger partial charge in [0.15, 0.2) is 0 Å². The molecule has 0 aromatic heterocycles. The Hall–Kier alpha value is -2.01. The Morgan fingerprint density at radius 1 is 1.20 bits per heavy atom. The van der Waals surface area contributed by atoms with Crippen molar-refractivity contribution in [2.24, 2.45) is 0 Å². The number of benzene rings is 2. The van der Waals surface area contributed by atoms with Crippen LogP contribution >= 0.6 is 15.9 Å². The minimum Gasteiger partial charge on any atom is -0.497 e. The van der Waals surface area contributed by atoms with Crippen LogP contribution in [0.2, 0.25) is 0 Å². The smallest absolute Gasteiger partial charge is 0.251 e. The maximum atomic E-state index is 12.1. The van der Waals surface area contributed by atoms with Crippen LogP contribution in [0.3, 0.4) is 0 Å². The lowest BCUT2D eigenvalue weighted by molar-refractivity contribution is -0.116. The third-order valence-electron chi connectivity index (χ3n) is 3.25. The van der Waals surface area contributed by atoms with Crippen molar-refractivity contribution in [1.82, 2.24) is 0 Å². The van der Waals surface area contributed by atoms with Crippen LogP contribution < -0.4 is 15.4 Å². The molecule has 2 aromatic carbocycles. The van der Waals surface area contributed by atoms with Gasteiger partial charge in [0.1, 0.15) is 11.8 Å². The van der Waals surface area contributed by atoms with Crippen LogP contribution in [-0.4, -0.2) is 13.0 Å². The van der Waals surface area contributed by atoms with Gasteiger partial charge in [-0.2, -0.15) is 0 Å². The molecule has 20 heavy (non-hydrogen) atoms. The number of hydrogen-bond acceptors (Lipinski definition) is 3. The van der Waals surface area contributed by atoms with Gasteiger partial charge in [0.25, 0.3) is 5.91 Å². The molecule has 1 aliphatic rings. The number of halogens is 1. The van der Waals surface area contributed by atoms with Crippen LogP contribution in [0, 0.1) is 0 Å². The quantitative estimate of drug-likeness (QED) is 0.903. The molecule has 0 saturated heterocycles. The summed E-state index contributed by atoms with van der Waals surface area (Å²) in [5.41, 5.74) is 2.67.